The third kappa shape index (κ3) is 2.27. The Morgan fingerprint density at radius 1 is 1.14 bits per heavy atom. The van der Waals surface area contributed by atoms with Crippen LogP contribution in [0.2, 0.25) is 0 Å². The van der Waals surface area contributed by atoms with E-state index in [1.807, 2.05) is 6.07 Å². The van der Waals surface area contributed by atoms with Crippen LogP contribution in [0.1, 0.15) is 57.1 Å². The predicted molar refractivity (Wildman–Crippen MR) is 79.7 cm³/mol. The van der Waals surface area contributed by atoms with Crippen LogP contribution in [-0.4, -0.2) is 16.9 Å². The number of hydrogen-bond donors (Lipinski definition) is 1. The van der Waals surface area contributed by atoms with Gasteiger partial charge in [-0.1, -0.05) is 37.5 Å². The van der Waals surface area contributed by atoms with Crippen LogP contribution in [0.25, 0.3) is 0 Å². The first-order chi connectivity index (χ1) is 10.1. The molecule has 1 aliphatic heterocycles. The van der Waals surface area contributed by atoms with Gasteiger partial charge in [0.25, 0.3) is 0 Å². The molecule has 0 bridgehead atoms. The first-order valence-corrected chi connectivity index (χ1v) is 7.69. The van der Waals surface area contributed by atoms with Gasteiger partial charge in [0.2, 0.25) is 11.8 Å². The highest BCUT2D eigenvalue weighted by atomic mass is 16.3. The zero-order valence-electron chi connectivity index (χ0n) is 12.3. The minimum absolute atomic E-state index is 0.0692. The molecule has 0 radical (unpaired) electrons. The number of amides is 2. The molecule has 2 fully saturated rings. The van der Waals surface area contributed by atoms with Gasteiger partial charge in [-0.15, -0.1) is 0 Å². The number of carbonyl (C=O) groups is 2. The molecule has 1 aliphatic carbocycles. The zero-order valence-corrected chi connectivity index (χ0v) is 12.3. The number of aliphatic hydroxyl groups is 1. The van der Waals surface area contributed by atoms with Crippen LogP contribution in [0.4, 0.5) is 5.69 Å². The van der Waals surface area contributed by atoms with Crippen LogP contribution < -0.4 is 4.90 Å². The Morgan fingerprint density at radius 2 is 1.81 bits per heavy atom. The van der Waals surface area contributed by atoms with E-state index in [1.54, 1.807) is 25.1 Å². The highest BCUT2D eigenvalue weighted by Gasteiger charge is 2.52. The molecule has 1 unspecified atom stereocenters. The van der Waals surface area contributed by atoms with Crippen molar-refractivity contribution >= 4 is 17.5 Å². The summed E-state index contributed by atoms with van der Waals surface area (Å²) in [4.78, 5) is 26.7. The molecular weight excluding hydrogens is 266 g/mol. The van der Waals surface area contributed by atoms with Gasteiger partial charge in [0.15, 0.2) is 0 Å². The van der Waals surface area contributed by atoms with Crippen LogP contribution in [0, 0.1) is 5.41 Å². The van der Waals surface area contributed by atoms with Gasteiger partial charge < -0.3 is 5.11 Å². The van der Waals surface area contributed by atoms with Crippen LogP contribution in [0.15, 0.2) is 24.3 Å². The number of anilines is 1. The van der Waals surface area contributed by atoms with E-state index in [-0.39, 0.29) is 11.8 Å². The van der Waals surface area contributed by atoms with Gasteiger partial charge >= 0.3 is 0 Å². The maximum atomic E-state index is 12.9. The summed E-state index contributed by atoms with van der Waals surface area (Å²) in [5, 5.41) is 9.89. The minimum Gasteiger partial charge on any atom is -0.389 e. The summed E-state index contributed by atoms with van der Waals surface area (Å²) in [5.74, 6) is -0.199. The summed E-state index contributed by atoms with van der Waals surface area (Å²) >= 11 is 0. The van der Waals surface area contributed by atoms with Gasteiger partial charge in [-0.3, -0.25) is 9.59 Å². The molecule has 4 heteroatoms. The van der Waals surface area contributed by atoms with E-state index in [0.717, 1.165) is 32.1 Å². The molecular formula is C17H21NO3. The third-order valence-corrected chi connectivity index (χ3v) is 4.83. The van der Waals surface area contributed by atoms with Crippen molar-refractivity contribution in [1.29, 1.82) is 0 Å². The lowest BCUT2D eigenvalue weighted by atomic mass is 9.73. The maximum absolute atomic E-state index is 12.9. The van der Waals surface area contributed by atoms with Gasteiger partial charge in [0.05, 0.1) is 17.2 Å². The third-order valence-electron chi connectivity index (χ3n) is 4.83. The summed E-state index contributed by atoms with van der Waals surface area (Å²) in [6.07, 6.45) is 4.42. The fourth-order valence-corrected chi connectivity index (χ4v) is 3.70. The van der Waals surface area contributed by atoms with E-state index in [0.29, 0.717) is 17.7 Å². The monoisotopic (exact) mass is 287 g/mol. The second kappa shape index (κ2) is 5.26. The summed E-state index contributed by atoms with van der Waals surface area (Å²) in [5.41, 5.74) is 0.693. The van der Waals surface area contributed by atoms with Gasteiger partial charge in [-0.25, -0.2) is 4.90 Å². The highest BCUT2D eigenvalue weighted by molar-refractivity contribution is 6.23. The molecule has 2 amide bonds. The molecule has 1 N–H and O–H groups in total. The Balaban J connectivity index is 2.00. The lowest BCUT2D eigenvalue weighted by Gasteiger charge is -2.31. The topological polar surface area (TPSA) is 57.6 Å². The second-order valence-corrected chi connectivity index (χ2v) is 6.29. The normalized spacial score (nSPS) is 22.9. The molecule has 1 spiro atoms. The van der Waals surface area contributed by atoms with E-state index >= 15 is 0 Å². The quantitative estimate of drug-likeness (QED) is 0.851. The van der Waals surface area contributed by atoms with Gasteiger partial charge in [0.1, 0.15) is 0 Å². The molecule has 0 aromatic heterocycles. The summed E-state index contributed by atoms with van der Waals surface area (Å²) in [7, 11) is 0. The molecule has 1 saturated heterocycles. The van der Waals surface area contributed by atoms with Crippen molar-refractivity contribution in [3.05, 3.63) is 29.8 Å². The predicted octanol–water partition coefficient (Wildman–Crippen LogP) is 2.95. The van der Waals surface area contributed by atoms with Crippen molar-refractivity contribution in [3.63, 3.8) is 0 Å². The second-order valence-electron chi connectivity index (χ2n) is 6.29. The largest absolute Gasteiger partial charge is 0.389 e. The van der Waals surface area contributed by atoms with Crippen molar-refractivity contribution < 1.29 is 14.7 Å². The number of hydrogen-bond acceptors (Lipinski definition) is 3. The summed E-state index contributed by atoms with van der Waals surface area (Å²) < 4.78 is 0. The fourth-order valence-electron chi connectivity index (χ4n) is 3.70. The molecule has 1 atom stereocenters. The Labute approximate surface area is 124 Å². The van der Waals surface area contributed by atoms with Crippen LogP contribution in [0.5, 0.6) is 0 Å². The van der Waals surface area contributed by atoms with Gasteiger partial charge in [-0.05, 0) is 25.8 Å². The van der Waals surface area contributed by atoms with Crippen molar-refractivity contribution in [2.45, 2.75) is 51.6 Å². The van der Waals surface area contributed by atoms with E-state index < -0.39 is 11.5 Å². The SMILES string of the molecule is CC(O)c1ccccc1N1C(=O)CC2(CCCCC2)C1=O. The molecule has 4 nitrogen and oxygen atoms in total. The molecule has 1 heterocycles. The Kier molecular flexibility index (Phi) is 3.57. The molecule has 2 aliphatic rings. The Morgan fingerprint density at radius 3 is 2.48 bits per heavy atom. The van der Waals surface area contributed by atoms with E-state index in [4.69, 9.17) is 0 Å². The number of aliphatic hydroxyl groups excluding tert-OH is 1. The number of nitrogens with zero attached hydrogens (tertiary/aromatic N) is 1. The number of rotatable bonds is 2. The van der Waals surface area contributed by atoms with Crippen LogP contribution in [0.3, 0.4) is 0 Å². The first kappa shape index (κ1) is 14.3. The average Bonchev–Trinajstić information content (AvgIpc) is 2.70. The lowest BCUT2D eigenvalue weighted by Crippen LogP contribution is -2.37. The standard InChI is InChI=1S/C17H21NO3/c1-12(19)13-7-3-4-8-14(13)18-15(20)11-17(16(18)21)9-5-2-6-10-17/h3-4,7-8,12,19H,2,5-6,9-11H2,1H3. The smallest absolute Gasteiger partial charge is 0.240 e. The molecule has 1 saturated carbocycles. The minimum atomic E-state index is -0.704. The van der Waals surface area contributed by atoms with Crippen molar-refractivity contribution in [1.82, 2.24) is 0 Å². The number of imide groups is 1. The van der Waals surface area contributed by atoms with Crippen LogP contribution >= 0.6 is 0 Å². The Hall–Kier alpha value is -1.68. The molecule has 112 valence electrons. The van der Waals surface area contributed by atoms with Gasteiger partial charge in [-0.2, -0.15) is 0 Å². The summed E-state index contributed by atoms with van der Waals surface area (Å²) in [6, 6.07) is 7.13. The number of carbonyl (C=O) groups excluding carboxylic acids is 2. The Bertz CT molecular complexity index is 573. The van der Waals surface area contributed by atoms with Crippen molar-refractivity contribution in [2.75, 3.05) is 4.90 Å². The maximum Gasteiger partial charge on any atom is 0.240 e. The molecule has 21 heavy (non-hydrogen) atoms. The number of benzene rings is 1. The lowest BCUT2D eigenvalue weighted by molar-refractivity contribution is -0.127. The van der Waals surface area contributed by atoms with Gasteiger partial charge in [0, 0.05) is 12.0 Å². The summed E-state index contributed by atoms with van der Waals surface area (Å²) in [6.45, 7) is 1.65. The zero-order chi connectivity index (χ0) is 15.0. The van der Waals surface area contributed by atoms with Crippen molar-refractivity contribution in [2.24, 2.45) is 5.41 Å². The van der Waals surface area contributed by atoms with E-state index in [9.17, 15) is 14.7 Å². The van der Waals surface area contributed by atoms with Crippen LogP contribution in [-0.2, 0) is 9.59 Å². The number of para-hydroxylation sites is 1. The molecule has 3 rings (SSSR count). The van der Waals surface area contributed by atoms with E-state index in [1.165, 1.54) is 4.90 Å². The average molecular weight is 287 g/mol. The van der Waals surface area contributed by atoms with E-state index in [2.05, 4.69) is 0 Å². The molecule has 1 aromatic rings. The molecule has 1 aromatic carbocycles. The van der Waals surface area contributed by atoms with Crippen molar-refractivity contribution in [3.8, 4) is 0 Å². The first-order valence-electron chi connectivity index (χ1n) is 7.69. The highest BCUT2D eigenvalue weighted by Crippen LogP contribution is 2.47. The fraction of sp³-hybridized carbons (Fsp3) is 0.529.